The van der Waals surface area contributed by atoms with E-state index in [1.165, 1.54) is 16.7 Å². The molecule has 1 aromatic heterocycles. The average Bonchev–Trinajstić information content (AvgIpc) is 2.69. The van der Waals surface area contributed by atoms with Gasteiger partial charge in [-0.25, -0.2) is 4.68 Å². The van der Waals surface area contributed by atoms with Gasteiger partial charge in [0, 0.05) is 39.9 Å². The van der Waals surface area contributed by atoms with Crippen LogP contribution in [-0.4, -0.2) is 55.1 Å². The summed E-state index contributed by atoms with van der Waals surface area (Å²) < 4.78 is 6.78. The molecule has 1 atom stereocenters. The van der Waals surface area contributed by atoms with E-state index in [0.717, 1.165) is 44.7 Å². The second-order valence-electron chi connectivity index (χ2n) is 7.80. The Morgan fingerprint density at radius 2 is 2.14 bits per heavy atom. The molecule has 6 heteroatoms. The Morgan fingerprint density at radius 1 is 1.32 bits per heavy atom. The molecule has 0 radical (unpaired) electrons. The van der Waals surface area contributed by atoms with Gasteiger partial charge >= 0.3 is 0 Å². The van der Waals surface area contributed by atoms with Crippen LogP contribution in [0.2, 0.25) is 0 Å². The number of benzene rings is 1. The van der Waals surface area contributed by atoms with Crippen LogP contribution in [0.15, 0.2) is 35.3 Å². The Hall–Kier alpha value is -2.18. The molecule has 0 saturated carbocycles. The highest BCUT2D eigenvalue weighted by Gasteiger charge is 2.23. The third-order valence-corrected chi connectivity index (χ3v) is 5.82. The highest BCUT2D eigenvalue weighted by molar-refractivity contribution is 5.41. The Bertz CT molecular complexity index is 849. The molecule has 1 fully saturated rings. The standard InChI is InChI=1S/C22H32N4O2/c1-17-7-5-8-19(18(17)2)15-25-10-6-9-20(16-25)26-22(27)13-21(14-23-26)24(3)11-12-28-4/h5,7-8,13-14,20H,6,9-12,15-16H2,1-4H3. The molecule has 0 bridgehead atoms. The number of hydrogen-bond acceptors (Lipinski definition) is 5. The minimum Gasteiger partial charge on any atom is -0.383 e. The summed E-state index contributed by atoms with van der Waals surface area (Å²) in [6.07, 6.45) is 3.87. The van der Waals surface area contributed by atoms with E-state index in [2.05, 4.69) is 42.0 Å². The van der Waals surface area contributed by atoms with Crippen molar-refractivity contribution < 1.29 is 4.74 Å². The third-order valence-electron chi connectivity index (χ3n) is 5.82. The van der Waals surface area contributed by atoms with Gasteiger partial charge in [0.15, 0.2) is 0 Å². The van der Waals surface area contributed by atoms with Crippen LogP contribution in [0.25, 0.3) is 0 Å². The summed E-state index contributed by atoms with van der Waals surface area (Å²) in [5, 5.41) is 4.50. The SMILES string of the molecule is COCCN(C)c1cnn(C2CCCN(Cc3cccc(C)c3C)C2)c(=O)c1. The number of methoxy groups -OCH3 is 1. The molecule has 2 aromatic rings. The van der Waals surface area contributed by atoms with Crippen LogP contribution < -0.4 is 10.5 Å². The molecule has 0 N–H and O–H groups in total. The number of aromatic nitrogens is 2. The first-order valence-electron chi connectivity index (χ1n) is 10.1. The molecule has 3 rings (SSSR count). The lowest BCUT2D eigenvalue weighted by molar-refractivity contribution is 0.159. The van der Waals surface area contributed by atoms with Gasteiger partial charge in [0.25, 0.3) is 5.56 Å². The highest BCUT2D eigenvalue weighted by Crippen LogP contribution is 2.23. The van der Waals surface area contributed by atoms with Gasteiger partial charge in [-0.05, 0) is 49.9 Å². The normalized spacial score (nSPS) is 17.6. The first-order chi connectivity index (χ1) is 13.5. The van der Waals surface area contributed by atoms with Crippen molar-refractivity contribution in [3.8, 4) is 0 Å². The molecule has 1 aromatic carbocycles. The monoisotopic (exact) mass is 384 g/mol. The van der Waals surface area contributed by atoms with E-state index in [-0.39, 0.29) is 11.6 Å². The summed E-state index contributed by atoms with van der Waals surface area (Å²) in [6, 6.07) is 8.31. The number of likely N-dealkylation sites (N-methyl/N-ethyl adjacent to an activating group) is 1. The van der Waals surface area contributed by atoms with Crippen LogP contribution in [0.4, 0.5) is 5.69 Å². The van der Waals surface area contributed by atoms with Gasteiger partial charge < -0.3 is 9.64 Å². The number of likely N-dealkylation sites (tertiary alicyclic amines) is 1. The van der Waals surface area contributed by atoms with Gasteiger partial charge in [-0.2, -0.15) is 5.10 Å². The van der Waals surface area contributed by atoms with Crippen LogP contribution in [0, 0.1) is 13.8 Å². The van der Waals surface area contributed by atoms with Gasteiger partial charge in [-0.15, -0.1) is 0 Å². The summed E-state index contributed by atoms with van der Waals surface area (Å²) >= 11 is 0. The average molecular weight is 385 g/mol. The fraction of sp³-hybridized carbons (Fsp3) is 0.545. The zero-order chi connectivity index (χ0) is 20.1. The van der Waals surface area contributed by atoms with E-state index < -0.39 is 0 Å². The fourth-order valence-electron chi connectivity index (χ4n) is 3.85. The molecule has 6 nitrogen and oxygen atoms in total. The van der Waals surface area contributed by atoms with E-state index in [1.807, 2.05) is 11.9 Å². The van der Waals surface area contributed by atoms with Gasteiger partial charge in [-0.1, -0.05) is 18.2 Å². The molecule has 0 aliphatic carbocycles. The van der Waals surface area contributed by atoms with Crippen LogP contribution in [-0.2, 0) is 11.3 Å². The number of hydrogen-bond donors (Lipinski definition) is 0. The van der Waals surface area contributed by atoms with E-state index in [4.69, 9.17) is 4.74 Å². The van der Waals surface area contributed by atoms with Crippen molar-refractivity contribution >= 4 is 5.69 Å². The van der Waals surface area contributed by atoms with Crippen molar-refractivity contribution in [2.24, 2.45) is 0 Å². The largest absolute Gasteiger partial charge is 0.383 e. The Morgan fingerprint density at radius 3 is 2.89 bits per heavy atom. The van der Waals surface area contributed by atoms with E-state index in [0.29, 0.717) is 6.61 Å². The quantitative estimate of drug-likeness (QED) is 0.735. The number of ether oxygens (including phenoxy) is 1. The zero-order valence-corrected chi connectivity index (χ0v) is 17.5. The Kier molecular flexibility index (Phi) is 6.86. The maximum Gasteiger partial charge on any atom is 0.269 e. The zero-order valence-electron chi connectivity index (χ0n) is 17.5. The van der Waals surface area contributed by atoms with Crippen LogP contribution in [0.3, 0.4) is 0 Å². The van der Waals surface area contributed by atoms with E-state index >= 15 is 0 Å². The molecule has 1 saturated heterocycles. The molecule has 152 valence electrons. The van der Waals surface area contributed by atoms with Gasteiger partial charge in [0.2, 0.25) is 0 Å². The first kappa shape index (κ1) is 20.6. The molecule has 1 aliphatic rings. The van der Waals surface area contributed by atoms with Crippen molar-refractivity contribution in [2.45, 2.75) is 39.3 Å². The second kappa shape index (κ2) is 9.34. The topological polar surface area (TPSA) is 50.6 Å². The summed E-state index contributed by atoms with van der Waals surface area (Å²) in [5.41, 5.74) is 4.87. The van der Waals surface area contributed by atoms with E-state index in [9.17, 15) is 4.79 Å². The lowest BCUT2D eigenvalue weighted by Crippen LogP contribution is -2.40. The third kappa shape index (κ3) is 4.80. The maximum absolute atomic E-state index is 12.7. The number of nitrogens with zero attached hydrogens (tertiary/aromatic N) is 4. The first-order valence-corrected chi connectivity index (χ1v) is 10.1. The minimum absolute atomic E-state index is 0.0275. The molecule has 0 spiro atoms. The van der Waals surface area contributed by atoms with Gasteiger partial charge in [0.05, 0.1) is 24.5 Å². The van der Waals surface area contributed by atoms with Gasteiger partial charge in [-0.3, -0.25) is 9.69 Å². The summed E-state index contributed by atoms with van der Waals surface area (Å²) in [6.45, 7) is 8.56. The predicted octanol–water partition coefficient (Wildman–Crippen LogP) is 2.78. The lowest BCUT2D eigenvalue weighted by atomic mass is 10.0. The van der Waals surface area contributed by atoms with Gasteiger partial charge in [0.1, 0.15) is 0 Å². The van der Waals surface area contributed by atoms with Crippen molar-refractivity contribution in [1.82, 2.24) is 14.7 Å². The Balaban J connectivity index is 1.70. The number of rotatable bonds is 7. The number of anilines is 1. The maximum atomic E-state index is 12.7. The number of piperidine rings is 1. The second-order valence-corrected chi connectivity index (χ2v) is 7.80. The van der Waals surface area contributed by atoms with Crippen LogP contribution in [0.5, 0.6) is 0 Å². The highest BCUT2D eigenvalue weighted by atomic mass is 16.5. The lowest BCUT2D eigenvalue weighted by Gasteiger charge is -2.33. The minimum atomic E-state index is -0.0275. The van der Waals surface area contributed by atoms with Crippen molar-refractivity contribution in [3.63, 3.8) is 0 Å². The molecule has 2 heterocycles. The molecule has 28 heavy (non-hydrogen) atoms. The summed E-state index contributed by atoms with van der Waals surface area (Å²) in [5.74, 6) is 0. The van der Waals surface area contributed by atoms with Crippen molar-refractivity contribution in [3.05, 3.63) is 57.5 Å². The smallest absolute Gasteiger partial charge is 0.269 e. The predicted molar refractivity (Wildman–Crippen MR) is 113 cm³/mol. The molecule has 0 amide bonds. The molecule has 1 aliphatic heterocycles. The van der Waals surface area contributed by atoms with Crippen LogP contribution in [0.1, 0.15) is 35.6 Å². The Labute approximate surface area is 167 Å². The molecular formula is C22H32N4O2. The van der Waals surface area contributed by atoms with Crippen LogP contribution >= 0.6 is 0 Å². The summed E-state index contributed by atoms with van der Waals surface area (Å²) in [4.78, 5) is 17.1. The molecular weight excluding hydrogens is 352 g/mol. The number of aryl methyl sites for hydroxylation is 1. The van der Waals surface area contributed by atoms with Crippen molar-refractivity contribution in [1.29, 1.82) is 0 Å². The van der Waals surface area contributed by atoms with Crippen molar-refractivity contribution in [2.75, 3.05) is 45.3 Å². The molecule has 1 unspecified atom stereocenters. The summed E-state index contributed by atoms with van der Waals surface area (Å²) in [7, 11) is 3.63. The van der Waals surface area contributed by atoms with E-state index in [1.54, 1.807) is 24.1 Å². The fourth-order valence-corrected chi connectivity index (χ4v) is 3.85.